The van der Waals surface area contributed by atoms with Crippen molar-refractivity contribution in [3.05, 3.63) is 57.0 Å². The number of aryl methyl sites for hydroxylation is 2. The fourth-order valence-corrected chi connectivity index (χ4v) is 2.50. The first-order valence-electron chi connectivity index (χ1n) is 5.14. The quantitative estimate of drug-likeness (QED) is 0.846. The first-order chi connectivity index (χ1) is 7.56. The van der Waals surface area contributed by atoms with Crippen LogP contribution >= 0.6 is 11.3 Å². The van der Waals surface area contributed by atoms with Gasteiger partial charge in [0.15, 0.2) is 0 Å². The van der Waals surface area contributed by atoms with Gasteiger partial charge in [-0.3, -0.25) is 0 Å². The number of rotatable bonds is 2. The van der Waals surface area contributed by atoms with Gasteiger partial charge in [0.2, 0.25) is 0 Å². The van der Waals surface area contributed by atoms with Crippen molar-refractivity contribution in [3.63, 3.8) is 0 Å². The van der Waals surface area contributed by atoms with Gasteiger partial charge in [-0.1, -0.05) is 6.07 Å². The van der Waals surface area contributed by atoms with Gasteiger partial charge in [-0.15, -0.1) is 11.3 Å². The standard InChI is InChI=1S/C13H14FNS/c1-8-3-10(6-12(14)4-8)13(15)11-5-9(2)16-7-11/h3-7,13H,15H2,1-2H3. The number of thiophene rings is 1. The molecule has 16 heavy (non-hydrogen) atoms. The third-order valence-electron chi connectivity index (χ3n) is 2.53. The van der Waals surface area contributed by atoms with E-state index < -0.39 is 0 Å². The van der Waals surface area contributed by atoms with Crippen LogP contribution in [0.4, 0.5) is 4.39 Å². The van der Waals surface area contributed by atoms with Gasteiger partial charge < -0.3 is 5.73 Å². The molecule has 1 aromatic carbocycles. The van der Waals surface area contributed by atoms with Crippen LogP contribution in [0.1, 0.15) is 27.6 Å². The lowest BCUT2D eigenvalue weighted by Gasteiger charge is -2.11. The Labute approximate surface area is 98.7 Å². The van der Waals surface area contributed by atoms with Crippen LogP contribution in [-0.4, -0.2) is 0 Å². The number of benzene rings is 1. The van der Waals surface area contributed by atoms with Gasteiger partial charge in [-0.2, -0.15) is 0 Å². The predicted octanol–water partition coefficient (Wildman–Crippen LogP) is 3.55. The van der Waals surface area contributed by atoms with Crippen molar-refractivity contribution in [3.8, 4) is 0 Å². The van der Waals surface area contributed by atoms with Crippen molar-refractivity contribution in [2.24, 2.45) is 5.73 Å². The van der Waals surface area contributed by atoms with Gasteiger partial charge in [0, 0.05) is 4.88 Å². The van der Waals surface area contributed by atoms with Crippen LogP contribution in [0.3, 0.4) is 0 Å². The summed E-state index contributed by atoms with van der Waals surface area (Å²) in [6.07, 6.45) is 0. The Hall–Kier alpha value is -1.19. The molecule has 0 amide bonds. The minimum atomic E-state index is -0.237. The van der Waals surface area contributed by atoms with Crippen LogP contribution in [0.15, 0.2) is 29.6 Å². The van der Waals surface area contributed by atoms with Gasteiger partial charge >= 0.3 is 0 Å². The van der Waals surface area contributed by atoms with Gasteiger partial charge in [-0.25, -0.2) is 4.39 Å². The van der Waals surface area contributed by atoms with Crippen LogP contribution in [0.2, 0.25) is 0 Å². The lowest BCUT2D eigenvalue weighted by molar-refractivity contribution is 0.622. The normalized spacial score (nSPS) is 12.8. The van der Waals surface area contributed by atoms with E-state index in [0.717, 1.165) is 16.7 Å². The van der Waals surface area contributed by atoms with E-state index in [4.69, 9.17) is 5.73 Å². The molecule has 2 N–H and O–H groups in total. The Bertz CT molecular complexity index is 484. The predicted molar refractivity (Wildman–Crippen MR) is 66.2 cm³/mol. The Morgan fingerprint density at radius 3 is 2.44 bits per heavy atom. The number of nitrogens with two attached hydrogens (primary N) is 1. The second kappa shape index (κ2) is 4.36. The first-order valence-corrected chi connectivity index (χ1v) is 6.02. The van der Waals surface area contributed by atoms with Crippen molar-refractivity contribution in [1.29, 1.82) is 0 Å². The van der Waals surface area contributed by atoms with Gasteiger partial charge in [0.1, 0.15) is 5.82 Å². The SMILES string of the molecule is Cc1cc(F)cc(C(N)c2csc(C)c2)c1. The fourth-order valence-electron chi connectivity index (χ4n) is 1.76. The van der Waals surface area contributed by atoms with Crippen molar-refractivity contribution >= 4 is 11.3 Å². The maximum absolute atomic E-state index is 13.3. The minimum Gasteiger partial charge on any atom is -0.320 e. The highest BCUT2D eigenvalue weighted by molar-refractivity contribution is 7.10. The molecule has 0 aliphatic carbocycles. The van der Waals surface area contributed by atoms with Crippen molar-refractivity contribution < 1.29 is 4.39 Å². The lowest BCUT2D eigenvalue weighted by atomic mass is 10.00. The molecule has 0 fully saturated rings. The molecule has 3 heteroatoms. The van der Waals surface area contributed by atoms with Crippen molar-refractivity contribution in [2.75, 3.05) is 0 Å². The van der Waals surface area contributed by atoms with E-state index in [9.17, 15) is 4.39 Å². The second-order valence-corrected chi connectivity index (χ2v) is 5.15. The number of halogens is 1. The highest BCUT2D eigenvalue weighted by Crippen LogP contribution is 2.25. The largest absolute Gasteiger partial charge is 0.320 e. The summed E-state index contributed by atoms with van der Waals surface area (Å²) in [5.41, 5.74) is 8.89. The molecule has 1 heterocycles. The summed E-state index contributed by atoms with van der Waals surface area (Å²) < 4.78 is 13.3. The van der Waals surface area contributed by atoms with Gasteiger partial charge in [-0.05, 0) is 54.1 Å². The van der Waals surface area contributed by atoms with Crippen molar-refractivity contribution in [2.45, 2.75) is 19.9 Å². The van der Waals surface area contributed by atoms with E-state index in [2.05, 4.69) is 6.07 Å². The Kier molecular flexibility index (Phi) is 3.08. The van der Waals surface area contributed by atoms with Crippen LogP contribution in [-0.2, 0) is 0 Å². The molecule has 0 aliphatic rings. The third-order valence-corrected chi connectivity index (χ3v) is 3.41. The third kappa shape index (κ3) is 2.31. The molecule has 0 bridgehead atoms. The molecule has 1 nitrogen and oxygen atoms in total. The van der Waals surface area contributed by atoms with E-state index >= 15 is 0 Å². The average Bonchev–Trinajstić information content (AvgIpc) is 2.62. The summed E-state index contributed by atoms with van der Waals surface area (Å²) in [6.45, 7) is 3.91. The fraction of sp³-hybridized carbons (Fsp3) is 0.231. The van der Waals surface area contributed by atoms with E-state index in [1.807, 2.05) is 25.3 Å². The summed E-state index contributed by atoms with van der Waals surface area (Å²) in [5, 5.41) is 2.03. The molecule has 0 aliphatic heterocycles. The molecule has 2 aromatic rings. The van der Waals surface area contributed by atoms with Crippen LogP contribution in [0, 0.1) is 19.7 Å². The van der Waals surface area contributed by atoms with Crippen molar-refractivity contribution in [1.82, 2.24) is 0 Å². The Morgan fingerprint density at radius 2 is 1.88 bits per heavy atom. The number of hydrogen-bond acceptors (Lipinski definition) is 2. The molecule has 1 unspecified atom stereocenters. The Balaban J connectivity index is 2.37. The summed E-state index contributed by atoms with van der Waals surface area (Å²) in [4.78, 5) is 1.22. The highest BCUT2D eigenvalue weighted by Gasteiger charge is 2.11. The zero-order valence-electron chi connectivity index (χ0n) is 9.33. The maximum Gasteiger partial charge on any atom is 0.123 e. The van der Waals surface area contributed by atoms with E-state index in [1.165, 1.54) is 17.0 Å². The molecular weight excluding hydrogens is 221 g/mol. The molecule has 0 saturated carbocycles. The lowest BCUT2D eigenvalue weighted by Crippen LogP contribution is -2.11. The van der Waals surface area contributed by atoms with E-state index in [-0.39, 0.29) is 11.9 Å². The van der Waals surface area contributed by atoms with Crippen LogP contribution in [0.25, 0.3) is 0 Å². The summed E-state index contributed by atoms with van der Waals surface area (Å²) in [7, 11) is 0. The van der Waals surface area contributed by atoms with E-state index in [1.54, 1.807) is 11.3 Å². The Morgan fingerprint density at radius 1 is 1.12 bits per heavy atom. The van der Waals surface area contributed by atoms with Crippen LogP contribution in [0.5, 0.6) is 0 Å². The summed E-state index contributed by atoms with van der Waals surface area (Å²) in [6, 6.07) is 6.76. The molecule has 1 aromatic heterocycles. The molecule has 84 valence electrons. The topological polar surface area (TPSA) is 26.0 Å². The maximum atomic E-state index is 13.3. The zero-order chi connectivity index (χ0) is 11.7. The average molecular weight is 235 g/mol. The number of hydrogen-bond donors (Lipinski definition) is 1. The summed E-state index contributed by atoms with van der Waals surface area (Å²) >= 11 is 1.66. The molecular formula is C13H14FNS. The van der Waals surface area contributed by atoms with Crippen LogP contribution < -0.4 is 5.73 Å². The smallest absolute Gasteiger partial charge is 0.123 e. The molecule has 2 rings (SSSR count). The first kappa shape index (κ1) is 11.3. The summed E-state index contributed by atoms with van der Waals surface area (Å²) in [5.74, 6) is -0.225. The molecule has 0 radical (unpaired) electrons. The molecule has 0 spiro atoms. The van der Waals surface area contributed by atoms with Gasteiger partial charge in [0.25, 0.3) is 0 Å². The monoisotopic (exact) mass is 235 g/mol. The minimum absolute atomic E-state index is 0.225. The molecule has 0 saturated heterocycles. The molecule has 1 atom stereocenters. The van der Waals surface area contributed by atoms with Gasteiger partial charge in [0.05, 0.1) is 6.04 Å². The second-order valence-electron chi connectivity index (χ2n) is 4.03. The van der Waals surface area contributed by atoms with E-state index in [0.29, 0.717) is 0 Å². The zero-order valence-corrected chi connectivity index (χ0v) is 10.1. The highest BCUT2D eigenvalue weighted by atomic mass is 32.1.